The van der Waals surface area contributed by atoms with Crippen molar-refractivity contribution in [3.05, 3.63) is 46.7 Å². The minimum atomic E-state index is -0.0881. The molecule has 0 atom stereocenters. The number of rotatable bonds is 7. The molecule has 1 fully saturated rings. The maximum Gasteiger partial charge on any atom is 0.321 e. The molecule has 28 heavy (non-hydrogen) atoms. The Hall–Kier alpha value is -2.58. The fourth-order valence-electron chi connectivity index (χ4n) is 3.00. The number of nitrogens with one attached hydrogen (secondary N) is 2. The van der Waals surface area contributed by atoms with E-state index in [2.05, 4.69) is 15.5 Å². The standard InChI is InChI=1S/C20H26N4O3S/c1-2-27-17-7-5-16(6-8-17)22-20(26)24-13-11-23(12-14-24)10-9-21-19(25)18-4-3-15-28-18/h3-8,15H,2,9-14H2,1H3,(H,21,25)(H,22,26). The summed E-state index contributed by atoms with van der Waals surface area (Å²) in [6.07, 6.45) is 0. The van der Waals surface area contributed by atoms with Crippen molar-refractivity contribution in [3.8, 4) is 5.75 Å². The highest BCUT2D eigenvalue weighted by molar-refractivity contribution is 7.12. The van der Waals surface area contributed by atoms with E-state index < -0.39 is 0 Å². The van der Waals surface area contributed by atoms with Gasteiger partial charge in [-0.25, -0.2) is 4.79 Å². The molecule has 2 N–H and O–H groups in total. The summed E-state index contributed by atoms with van der Waals surface area (Å²) in [5.41, 5.74) is 0.757. The molecule has 1 aromatic heterocycles. The molecule has 1 aromatic carbocycles. The summed E-state index contributed by atoms with van der Waals surface area (Å²) in [5, 5.41) is 7.76. The number of benzene rings is 1. The number of anilines is 1. The monoisotopic (exact) mass is 402 g/mol. The molecular weight excluding hydrogens is 376 g/mol. The number of ether oxygens (including phenoxy) is 1. The van der Waals surface area contributed by atoms with Crippen LogP contribution >= 0.6 is 11.3 Å². The van der Waals surface area contributed by atoms with Gasteiger partial charge >= 0.3 is 6.03 Å². The number of carbonyl (C=O) groups is 2. The van der Waals surface area contributed by atoms with Crippen molar-refractivity contribution in [2.75, 3.05) is 51.2 Å². The average Bonchev–Trinajstić information content (AvgIpc) is 3.25. The highest BCUT2D eigenvalue weighted by Gasteiger charge is 2.21. The van der Waals surface area contributed by atoms with Crippen molar-refractivity contribution in [1.29, 1.82) is 0 Å². The van der Waals surface area contributed by atoms with Gasteiger partial charge in [0.2, 0.25) is 0 Å². The molecule has 0 saturated carbocycles. The van der Waals surface area contributed by atoms with Crippen LogP contribution in [0.1, 0.15) is 16.6 Å². The zero-order valence-corrected chi connectivity index (χ0v) is 16.8. The first-order valence-corrected chi connectivity index (χ1v) is 10.4. The molecule has 1 aliphatic heterocycles. The Morgan fingerprint density at radius 3 is 2.50 bits per heavy atom. The summed E-state index contributed by atoms with van der Waals surface area (Å²) in [7, 11) is 0. The Bertz CT molecular complexity index is 756. The van der Waals surface area contributed by atoms with Crippen LogP contribution in [0.2, 0.25) is 0 Å². The van der Waals surface area contributed by atoms with Crippen molar-refractivity contribution in [2.24, 2.45) is 0 Å². The maximum atomic E-state index is 12.4. The van der Waals surface area contributed by atoms with Crippen molar-refractivity contribution in [3.63, 3.8) is 0 Å². The Morgan fingerprint density at radius 2 is 1.86 bits per heavy atom. The van der Waals surface area contributed by atoms with E-state index >= 15 is 0 Å². The van der Waals surface area contributed by atoms with Crippen LogP contribution in [0, 0.1) is 0 Å². The minimum Gasteiger partial charge on any atom is -0.494 e. The third-order valence-electron chi connectivity index (χ3n) is 4.53. The first kappa shape index (κ1) is 20.2. The minimum absolute atomic E-state index is 0.0247. The lowest BCUT2D eigenvalue weighted by Gasteiger charge is -2.34. The van der Waals surface area contributed by atoms with Crippen LogP contribution in [0.4, 0.5) is 10.5 Å². The average molecular weight is 403 g/mol. The van der Waals surface area contributed by atoms with Gasteiger partial charge in [0.1, 0.15) is 5.75 Å². The van der Waals surface area contributed by atoms with Gasteiger partial charge in [-0.15, -0.1) is 11.3 Å². The van der Waals surface area contributed by atoms with Gasteiger partial charge in [0, 0.05) is 45.0 Å². The number of hydrogen-bond donors (Lipinski definition) is 2. The SMILES string of the molecule is CCOc1ccc(NC(=O)N2CCN(CCNC(=O)c3cccs3)CC2)cc1. The molecule has 1 saturated heterocycles. The van der Waals surface area contributed by atoms with Gasteiger partial charge in [0.15, 0.2) is 0 Å². The normalized spacial score (nSPS) is 14.5. The molecule has 7 nitrogen and oxygen atoms in total. The molecule has 0 unspecified atom stereocenters. The van der Waals surface area contributed by atoms with Crippen LogP contribution in [0.25, 0.3) is 0 Å². The third-order valence-corrected chi connectivity index (χ3v) is 5.40. The summed E-state index contributed by atoms with van der Waals surface area (Å²) < 4.78 is 5.41. The lowest BCUT2D eigenvalue weighted by Crippen LogP contribution is -2.51. The quantitative estimate of drug-likeness (QED) is 0.747. The van der Waals surface area contributed by atoms with E-state index in [1.54, 1.807) is 0 Å². The third kappa shape index (κ3) is 5.71. The second-order valence-corrected chi connectivity index (χ2v) is 7.40. The van der Waals surface area contributed by atoms with E-state index in [4.69, 9.17) is 4.74 Å². The lowest BCUT2D eigenvalue weighted by molar-refractivity contribution is 0.0946. The van der Waals surface area contributed by atoms with Crippen LogP contribution < -0.4 is 15.4 Å². The highest BCUT2D eigenvalue weighted by Crippen LogP contribution is 2.16. The molecule has 8 heteroatoms. The van der Waals surface area contributed by atoms with Gasteiger partial charge in [-0.3, -0.25) is 9.69 Å². The molecule has 2 heterocycles. The number of urea groups is 1. The molecule has 150 valence electrons. The van der Waals surface area contributed by atoms with Crippen molar-refractivity contribution >= 4 is 29.0 Å². The van der Waals surface area contributed by atoms with Crippen LogP contribution in [0.5, 0.6) is 5.75 Å². The molecule has 0 spiro atoms. The molecule has 3 amide bonds. The molecule has 0 radical (unpaired) electrons. The molecule has 0 aliphatic carbocycles. The van der Waals surface area contributed by atoms with Crippen molar-refractivity contribution < 1.29 is 14.3 Å². The highest BCUT2D eigenvalue weighted by atomic mass is 32.1. The van der Waals surface area contributed by atoms with E-state index in [0.717, 1.165) is 35.9 Å². The summed E-state index contributed by atoms with van der Waals surface area (Å²) >= 11 is 1.44. The first-order valence-electron chi connectivity index (χ1n) is 9.48. The second-order valence-electron chi connectivity index (χ2n) is 6.45. The van der Waals surface area contributed by atoms with Gasteiger partial charge in [-0.05, 0) is 42.6 Å². The maximum absolute atomic E-state index is 12.4. The van der Waals surface area contributed by atoms with Gasteiger partial charge in [0.05, 0.1) is 11.5 Å². The number of carbonyl (C=O) groups excluding carboxylic acids is 2. The number of nitrogens with zero attached hydrogens (tertiary/aromatic N) is 2. The summed E-state index contributed by atoms with van der Waals surface area (Å²) in [5.74, 6) is 0.767. The van der Waals surface area contributed by atoms with E-state index in [-0.39, 0.29) is 11.9 Å². The fourth-order valence-corrected chi connectivity index (χ4v) is 3.64. The largest absolute Gasteiger partial charge is 0.494 e. The fraction of sp³-hybridized carbons (Fsp3) is 0.400. The number of amides is 3. The smallest absolute Gasteiger partial charge is 0.321 e. The summed E-state index contributed by atoms with van der Waals surface area (Å²) in [6, 6.07) is 11.0. The van der Waals surface area contributed by atoms with E-state index in [0.29, 0.717) is 26.2 Å². The zero-order valence-electron chi connectivity index (χ0n) is 16.0. The predicted molar refractivity (Wildman–Crippen MR) is 111 cm³/mol. The Kier molecular flexibility index (Phi) is 7.27. The molecule has 0 bridgehead atoms. The molecule has 2 aromatic rings. The molecule has 3 rings (SSSR count). The van der Waals surface area contributed by atoms with Gasteiger partial charge < -0.3 is 20.3 Å². The lowest BCUT2D eigenvalue weighted by atomic mass is 10.3. The van der Waals surface area contributed by atoms with E-state index in [1.807, 2.05) is 53.6 Å². The molecular formula is C20H26N4O3S. The van der Waals surface area contributed by atoms with Crippen LogP contribution in [-0.2, 0) is 0 Å². The molecule has 1 aliphatic rings. The van der Waals surface area contributed by atoms with Crippen molar-refractivity contribution in [2.45, 2.75) is 6.92 Å². The Morgan fingerprint density at radius 1 is 1.11 bits per heavy atom. The van der Waals surface area contributed by atoms with Gasteiger partial charge in [-0.1, -0.05) is 6.07 Å². The van der Waals surface area contributed by atoms with Crippen molar-refractivity contribution in [1.82, 2.24) is 15.1 Å². The van der Waals surface area contributed by atoms with Gasteiger partial charge in [-0.2, -0.15) is 0 Å². The van der Waals surface area contributed by atoms with Gasteiger partial charge in [0.25, 0.3) is 5.91 Å². The van der Waals surface area contributed by atoms with Crippen LogP contribution in [0.3, 0.4) is 0 Å². The van der Waals surface area contributed by atoms with Crippen LogP contribution in [0.15, 0.2) is 41.8 Å². The Balaban J connectivity index is 1.36. The number of piperazine rings is 1. The van der Waals surface area contributed by atoms with E-state index in [1.165, 1.54) is 11.3 Å². The number of thiophene rings is 1. The zero-order chi connectivity index (χ0) is 19.8. The second kappa shape index (κ2) is 10.1. The summed E-state index contributed by atoms with van der Waals surface area (Å²) in [4.78, 5) is 29.2. The topological polar surface area (TPSA) is 73.9 Å². The summed E-state index contributed by atoms with van der Waals surface area (Å²) in [6.45, 7) is 6.88. The predicted octanol–water partition coefficient (Wildman–Crippen LogP) is 2.73. The first-order chi connectivity index (χ1) is 13.7. The Labute approximate surface area is 169 Å². The van der Waals surface area contributed by atoms with Crippen LogP contribution in [-0.4, -0.2) is 67.6 Å². The number of hydrogen-bond acceptors (Lipinski definition) is 5. The van der Waals surface area contributed by atoms with E-state index in [9.17, 15) is 9.59 Å².